The molecule has 0 bridgehead atoms. The van der Waals surface area contributed by atoms with Crippen LogP contribution >= 0.6 is 35.2 Å². The molecule has 0 fully saturated rings. The molecule has 1 aromatic rings. The van der Waals surface area contributed by atoms with Crippen LogP contribution in [0.1, 0.15) is 0 Å². The normalized spacial score (nSPS) is 9.77. The van der Waals surface area contributed by atoms with Crippen molar-refractivity contribution in [1.29, 1.82) is 0 Å². The second-order valence-corrected chi connectivity index (χ2v) is 3.80. The van der Waals surface area contributed by atoms with E-state index in [1.807, 2.05) is 22.6 Å². The Labute approximate surface area is 94.0 Å². The van der Waals surface area contributed by atoms with E-state index in [1.165, 1.54) is 13.2 Å². The van der Waals surface area contributed by atoms with Gasteiger partial charge in [0.25, 0.3) is 5.69 Å². The van der Waals surface area contributed by atoms with Crippen LogP contribution < -0.4 is 4.74 Å². The van der Waals surface area contributed by atoms with Crippen LogP contribution in [0, 0.1) is 13.7 Å². The molecule has 0 N–H and O–H groups in total. The van der Waals surface area contributed by atoms with Crippen LogP contribution in [0.2, 0.25) is 0 Å². The Morgan fingerprint density at radius 1 is 1.62 bits per heavy atom. The van der Waals surface area contributed by atoms with Crippen LogP contribution in [0.4, 0.5) is 5.69 Å². The number of hydrogen-bond acceptors (Lipinski definition) is 4. The van der Waals surface area contributed by atoms with E-state index in [0.29, 0.717) is 14.2 Å². The third-order valence-corrected chi connectivity index (χ3v) is 3.35. The maximum absolute atomic E-state index is 10.6. The second-order valence-electron chi connectivity index (χ2n) is 2.24. The molecule has 13 heavy (non-hydrogen) atoms. The maximum Gasteiger partial charge on any atom is 0.287 e. The highest BCUT2D eigenvalue weighted by Crippen LogP contribution is 2.31. The molecular formula is C7H6INO3S. The fourth-order valence-electron chi connectivity index (χ4n) is 0.820. The van der Waals surface area contributed by atoms with E-state index in [0.717, 1.165) is 0 Å². The van der Waals surface area contributed by atoms with Gasteiger partial charge >= 0.3 is 0 Å². The fourth-order valence-corrected chi connectivity index (χ4v) is 1.57. The summed E-state index contributed by atoms with van der Waals surface area (Å²) in [6.07, 6.45) is 0. The lowest BCUT2D eigenvalue weighted by atomic mass is 10.3. The van der Waals surface area contributed by atoms with E-state index in [2.05, 4.69) is 12.6 Å². The van der Waals surface area contributed by atoms with E-state index in [1.54, 1.807) is 6.07 Å². The van der Waals surface area contributed by atoms with Gasteiger partial charge in [0, 0.05) is 4.90 Å². The monoisotopic (exact) mass is 311 g/mol. The molecule has 0 aliphatic rings. The van der Waals surface area contributed by atoms with Gasteiger partial charge in [-0.05, 0) is 28.7 Å². The maximum atomic E-state index is 10.6. The van der Waals surface area contributed by atoms with Gasteiger partial charge in [0.1, 0.15) is 9.32 Å². The van der Waals surface area contributed by atoms with Crippen molar-refractivity contribution >= 4 is 40.9 Å². The average Bonchev–Trinajstić information content (AvgIpc) is 2.09. The molecule has 0 aromatic heterocycles. The van der Waals surface area contributed by atoms with Crippen molar-refractivity contribution in [2.75, 3.05) is 7.11 Å². The van der Waals surface area contributed by atoms with E-state index >= 15 is 0 Å². The van der Waals surface area contributed by atoms with Crippen molar-refractivity contribution in [3.63, 3.8) is 0 Å². The summed E-state index contributed by atoms with van der Waals surface area (Å²) in [4.78, 5) is 10.6. The molecule has 0 atom stereocenters. The van der Waals surface area contributed by atoms with Crippen molar-refractivity contribution in [2.45, 2.75) is 4.90 Å². The lowest BCUT2D eigenvalue weighted by Gasteiger charge is -2.03. The molecule has 0 heterocycles. The first-order valence-corrected chi connectivity index (χ1v) is 4.79. The van der Waals surface area contributed by atoms with Gasteiger partial charge in [-0.3, -0.25) is 10.1 Å². The number of rotatable bonds is 2. The summed E-state index contributed by atoms with van der Waals surface area (Å²) in [5.74, 6) is 0.442. The molecule has 4 nitrogen and oxygen atoms in total. The molecule has 0 saturated heterocycles. The molecular weight excluding hydrogens is 305 g/mol. The van der Waals surface area contributed by atoms with Crippen molar-refractivity contribution in [3.8, 4) is 5.75 Å². The summed E-state index contributed by atoms with van der Waals surface area (Å²) in [6.45, 7) is 0. The lowest BCUT2D eigenvalue weighted by Crippen LogP contribution is -1.94. The average molecular weight is 311 g/mol. The predicted octanol–water partition coefficient (Wildman–Crippen LogP) is 2.50. The van der Waals surface area contributed by atoms with Crippen LogP contribution in [-0.2, 0) is 0 Å². The number of hydrogen-bond donors (Lipinski definition) is 1. The summed E-state index contributed by atoms with van der Waals surface area (Å²) in [5, 5.41) is 10.6. The summed E-state index contributed by atoms with van der Waals surface area (Å²) < 4.78 is 5.40. The van der Waals surface area contributed by atoms with Gasteiger partial charge in [-0.1, -0.05) is 0 Å². The first kappa shape index (κ1) is 10.6. The molecule has 1 rings (SSSR count). The van der Waals surface area contributed by atoms with Gasteiger partial charge in [0.2, 0.25) is 0 Å². The molecule has 0 unspecified atom stereocenters. The number of nitro benzene ring substituents is 1. The Balaban J connectivity index is 3.33. The minimum atomic E-state index is -0.454. The van der Waals surface area contributed by atoms with E-state index in [9.17, 15) is 10.1 Å². The van der Waals surface area contributed by atoms with Gasteiger partial charge in [-0.15, -0.1) is 12.6 Å². The molecule has 0 aliphatic carbocycles. The number of thiol groups is 1. The summed E-state index contributed by atoms with van der Waals surface area (Å²) in [7, 11) is 1.46. The Morgan fingerprint density at radius 2 is 2.23 bits per heavy atom. The highest BCUT2D eigenvalue weighted by Gasteiger charge is 2.15. The zero-order valence-corrected chi connectivity index (χ0v) is 9.70. The standard InChI is InChI=1S/C7H6INO3S/c1-12-4-2-5(9(10)11)7(8)6(13)3-4/h2-3,13H,1H3. The van der Waals surface area contributed by atoms with Crippen molar-refractivity contribution in [2.24, 2.45) is 0 Å². The SMILES string of the molecule is COc1cc(S)c(I)c([N+](=O)[O-])c1. The van der Waals surface area contributed by atoms with Crippen LogP contribution in [0.3, 0.4) is 0 Å². The van der Waals surface area contributed by atoms with Crippen LogP contribution in [-0.4, -0.2) is 12.0 Å². The Bertz CT molecular complexity index is 356. The number of halogens is 1. The zero-order valence-electron chi connectivity index (χ0n) is 6.65. The van der Waals surface area contributed by atoms with Gasteiger partial charge in [-0.2, -0.15) is 0 Å². The zero-order chi connectivity index (χ0) is 10.0. The van der Waals surface area contributed by atoms with Crippen LogP contribution in [0.5, 0.6) is 5.75 Å². The Kier molecular flexibility index (Phi) is 3.37. The van der Waals surface area contributed by atoms with Crippen molar-refractivity contribution in [1.82, 2.24) is 0 Å². The largest absolute Gasteiger partial charge is 0.496 e. The number of ether oxygens (including phenoxy) is 1. The van der Waals surface area contributed by atoms with Crippen LogP contribution in [0.15, 0.2) is 17.0 Å². The third kappa shape index (κ3) is 2.25. The molecule has 0 spiro atoms. The first-order valence-electron chi connectivity index (χ1n) is 3.27. The molecule has 0 amide bonds. The molecule has 0 saturated carbocycles. The minimum Gasteiger partial charge on any atom is -0.496 e. The third-order valence-electron chi connectivity index (χ3n) is 1.44. The number of methoxy groups -OCH3 is 1. The first-order chi connectivity index (χ1) is 6.06. The summed E-state index contributed by atoms with van der Waals surface area (Å²) >= 11 is 5.97. The van der Waals surface area contributed by atoms with E-state index < -0.39 is 4.92 Å². The number of nitro groups is 1. The van der Waals surface area contributed by atoms with Gasteiger partial charge in [0.15, 0.2) is 0 Å². The molecule has 6 heteroatoms. The van der Waals surface area contributed by atoms with Gasteiger partial charge in [0.05, 0.1) is 18.1 Å². The lowest BCUT2D eigenvalue weighted by molar-refractivity contribution is -0.386. The highest BCUT2D eigenvalue weighted by molar-refractivity contribution is 14.1. The summed E-state index contributed by atoms with van der Waals surface area (Å²) in [5.41, 5.74) is 0.0185. The quantitative estimate of drug-likeness (QED) is 0.395. The highest BCUT2D eigenvalue weighted by atomic mass is 127. The number of nitrogens with zero attached hydrogens (tertiary/aromatic N) is 1. The molecule has 1 aromatic carbocycles. The predicted molar refractivity (Wildman–Crippen MR) is 59.6 cm³/mol. The van der Waals surface area contributed by atoms with Crippen LogP contribution in [0.25, 0.3) is 0 Å². The molecule has 0 aliphatic heterocycles. The topological polar surface area (TPSA) is 52.4 Å². The van der Waals surface area contributed by atoms with E-state index in [-0.39, 0.29) is 5.69 Å². The second kappa shape index (κ2) is 4.14. The number of benzene rings is 1. The summed E-state index contributed by atoms with van der Waals surface area (Å²) in [6, 6.07) is 3.01. The smallest absolute Gasteiger partial charge is 0.287 e. The van der Waals surface area contributed by atoms with Crippen molar-refractivity contribution < 1.29 is 9.66 Å². The minimum absolute atomic E-state index is 0.0185. The van der Waals surface area contributed by atoms with E-state index in [4.69, 9.17) is 4.74 Å². The fraction of sp³-hybridized carbons (Fsp3) is 0.143. The Hall–Kier alpha value is -0.500. The van der Waals surface area contributed by atoms with Gasteiger partial charge in [-0.25, -0.2) is 0 Å². The Morgan fingerprint density at radius 3 is 2.69 bits per heavy atom. The molecule has 70 valence electrons. The molecule has 0 radical (unpaired) electrons. The van der Waals surface area contributed by atoms with Gasteiger partial charge < -0.3 is 4.74 Å². The van der Waals surface area contributed by atoms with Crippen molar-refractivity contribution in [3.05, 3.63) is 25.8 Å².